The third kappa shape index (κ3) is 4.87. The molecule has 1 aromatic heterocycles. The van der Waals surface area contributed by atoms with Crippen LogP contribution in [0, 0.1) is 0 Å². The van der Waals surface area contributed by atoms with Crippen LogP contribution in [0.2, 0.25) is 0 Å². The highest BCUT2D eigenvalue weighted by molar-refractivity contribution is 7.89. The molecule has 0 aliphatic carbocycles. The first-order chi connectivity index (χ1) is 17.0. The quantitative estimate of drug-likeness (QED) is 0.515. The third-order valence-electron chi connectivity index (χ3n) is 6.73. The van der Waals surface area contributed by atoms with Crippen LogP contribution in [0.15, 0.2) is 47.4 Å². The molecule has 2 saturated heterocycles. The lowest BCUT2D eigenvalue weighted by Crippen LogP contribution is -2.48. The number of piperazine rings is 1. The van der Waals surface area contributed by atoms with Crippen LogP contribution in [0.1, 0.15) is 36.0 Å². The number of fused-ring (bicyclic) bond motifs is 1. The molecule has 0 atom stereocenters. The average Bonchev–Trinajstić information content (AvgIpc) is 3.14. The Balaban J connectivity index is 1.23. The summed E-state index contributed by atoms with van der Waals surface area (Å²) in [5.41, 5.74) is 1.38. The van der Waals surface area contributed by atoms with E-state index in [0.717, 1.165) is 46.8 Å². The van der Waals surface area contributed by atoms with Gasteiger partial charge in [0.15, 0.2) is 5.13 Å². The zero-order valence-electron chi connectivity index (χ0n) is 19.9. The number of methoxy groups -OCH3 is 1. The number of hydrogen-bond acceptors (Lipinski definition) is 7. The molecule has 0 bridgehead atoms. The number of aromatic nitrogens is 1. The van der Waals surface area contributed by atoms with Crippen LogP contribution >= 0.6 is 11.3 Å². The van der Waals surface area contributed by atoms with Crippen molar-refractivity contribution in [2.24, 2.45) is 0 Å². The Morgan fingerprint density at radius 1 is 0.914 bits per heavy atom. The monoisotopic (exact) mass is 514 g/mol. The number of thiazole rings is 1. The van der Waals surface area contributed by atoms with E-state index in [1.807, 2.05) is 23.1 Å². The highest BCUT2D eigenvalue weighted by Gasteiger charge is 2.27. The number of para-hydroxylation sites is 1. The van der Waals surface area contributed by atoms with Crippen LogP contribution < -0.4 is 9.64 Å². The van der Waals surface area contributed by atoms with E-state index >= 15 is 0 Å². The molecule has 3 aromatic rings. The van der Waals surface area contributed by atoms with Gasteiger partial charge in [0, 0.05) is 44.8 Å². The Labute approximate surface area is 210 Å². The van der Waals surface area contributed by atoms with E-state index < -0.39 is 10.0 Å². The molecule has 35 heavy (non-hydrogen) atoms. The van der Waals surface area contributed by atoms with Crippen LogP contribution in [0.4, 0.5) is 5.13 Å². The first-order valence-electron chi connectivity index (χ1n) is 12.1. The van der Waals surface area contributed by atoms with Crippen molar-refractivity contribution in [2.75, 3.05) is 51.3 Å². The van der Waals surface area contributed by atoms with Gasteiger partial charge < -0.3 is 14.5 Å². The number of rotatable bonds is 5. The van der Waals surface area contributed by atoms with E-state index in [2.05, 4.69) is 4.90 Å². The van der Waals surface area contributed by atoms with Gasteiger partial charge in [0.2, 0.25) is 10.0 Å². The second kappa shape index (κ2) is 10.1. The van der Waals surface area contributed by atoms with Crippen molar-refractivity contribution in [3.8, 4) is 5.75 Å². The lowest BCUT2D eigenvalue weighted by atomic mass is 10.2. The van der Waals surface area contributed by atoms with Gasteiger partial charge in [0.05, 0.1) is 16.7 Å². The molecule has 0 radical (unpaired) electrons. The number of amides is 1. The minimum atomic E-state index is -3.52. The fraction of sp³-hybridized carbons (Fsp3) is 0.440. The molecule has 5 rings (SSSR count). The number of benzene rings is 2. The molecule has 0 N–H and O–H groups in total. The van der Waals surface area contributed by atoms with Gasteiger partial charge in [0.1, 0.15) is 11.3 Å². The number of hydrogen-bond donors (Lipinski definition) is 0. The van der Waals surface area contributed by atoms with Crippen LogP contribution in [0.25, 0.3) is 10.2 Å². The van der Waals surface area contributed by atoms with Crippen molar-refractivity contribution >= 4 is 42.6 Å². The summed E-state index contributed by atoms with van der Waals surface area (Å²) in [6.45, 7) is 3.67. The van der Waals surface area contributed by atoms with Gasteiger partial charge in [-0.05, 0) is 49.2 Å². The highest BCUT2D eigenvalue weighted by atomic mass is 32.2. The maximum Gasteiger partial charge on any atom is 0.253 e. The smallest absolute Gasteiger partial charge is 0.253 e. The second-order valence-corrected chi connectivity index (χ2v) is 11.9. The molecule has 2 aliphatic heterocycles. The van der Waals surface area contributed by atoms with Crippen LogP contribution in [0.5, 0.6) is 5.75 Å². The molecule has 2 aromatic carbocycles. The number of sulfonamides is 1. The van der Waals surface area contributed by atoms with Crippen LogP contribution in [-0.2, 0) is 10.0 Å². The number of carbonyl (C=O) groups excluding carboxylic acids is 1. The zero-order chi connectivity index (χ0) is 24.4. The summed E-state index contributed by atoms with van der Waals surface area (Å²) >= 11 is 1.63. The van der Waals surface area contributed by atoms with Crippen molar-refractivity contribution < 1.29 is 17.9 Å². The van der Waals surface area contributed by atoms with Gasteiger partial charge in [0.25, 0.3) is 5.91 Å². The first kappa shape index (κ1) is 24.0. The fourth-order valence-electron chi connectivity index (χ4n) is 4.70. The predicted octanol–water partition coefficient (Wildman–Crippen LogP) is 3.83. The minimum absolute atomic E-state index is 0.0747. The number of carbonyl (C=O) groups is 1. The molecule has 0 spiro atoms. The third-order valence-corrected chi connectivity index (χ3v) is 9.73. The maximum atomic E-state index is 13.1. The Morgan fingerprint density at radius 3 is 2.26 bits per heavy atom. The number of ether oxygens (including phenoxy) is 1. The molecule has 2 aliphatic rings. The van der Waals surface area contributed by atoms with Crippen molar-refractivity contribution in [1.82, 2.24) is 14.2 Å². The van der Waals surface area contributed by atoms with Crippen molar-refractivity contribution in [2.45, 2.75) is 30.6 Å². The molecule has 186 valence electrons. The first-order valence-corrected chi connectivity index (χ1v) is 14.3. The summed E-state index contributed by atoms with van der Waals surface area (Å²) in [6.07, 6.45) is 3.93. The van der Waals surface area contributed by atoms with Gasteiger partial charge in [-0.1, -0.05) is 30.2 Å². The lowest BCUT2D eigenvalue weighted by molar-refractivity contribution is 0.0746. The maximum absolute atomic E-state index is 13.1. The van der Waals surface area contributed by atoms with Crippen molar-refractivity contribution in [3.63, 3.8) is 0 Å². The lowest BCUT2D eigenvalue weighted by Gasteiger charge is -2.34. The topological polar surface area (TPSA) is 83.0 Å². The van der Waals surface area contributed by atoms with E-state index in [1.165, 1.54) is 0 Å². The molecular formula is C25H30N4O4S2. The summed E-state index contributed by atoms with van der Waals surface area (Å²) in [6, 6.07) is 12.3. The standard InChI is InChI=1S/C25H30N4O4S2/c1-33-21-7-6-8-22-23(21)26-25(34-22)28-17-15-27(16-18-28)24(30)19-9-11-20(12-10-19)35(31,32)29-13-4-2-3-5-14-29/h6-12H,2-5,13-18H2,1H3. The highest BCUT2D eigenvalue weighted by Crippen LogP contribution is 2.34. The normalized spacial score (nSPS) is 18.0. The minimum Gasteiger partial charge on any atom is -0.494 e. The summed E-state index contributed by atoms with van der Waals surface area (Å²) in [5, 5.41) is 0.930. The molecule has 3 heterocycles. The van der Waals surface area contributed by atoms with Gasteiger partial charge in [-0.25, -0.2) is 13.4 Å². The Morgan fingerprint density at radius 2 is 1.60 bits per heavy atom. The van der Waals surface area contributed by atoms with Gasteiger partial charge in [-0.2, -0.15) is 4.31 Å². The predicted molar refractivity (Wildman–Crippen MR) is 138 cm³/mol. The second-order valence-electron chi connectivity index (χ2n) is 8.93. The summed E-state index contributed by atoms with van der Waals surface area (Å²) in [7, 11) is -1.87. The van der Waals surface area contributed by atoms with Crippen LogP contribution in [0.3, 0.4) is 0 Å². The largest absolute Gasteiger partial charge is 0.494 e. The summed E-state index contributed by atoms with van der Waals surface area (Å²) in [5.74, 6) is 0.689. The Bertz CT molecular complexity index is 1290. The fourth-order valence-corrected chi connectivity index (χ4v) is 7.25. The molecular weight excluding hydrogens is 484 g/mol. The van der Waals surface area contributed by atoms with E-state index in [4.69, 9.17) is 9.72 Å². The average molecular weight is 515 g/mol. The molecule has 0 unspecified atom stereocenters. The van der Waals surface area contributed by atoms with Gasteiger partial charge in [-0.3, -0.25) is 4.79 Å². The van der Waals surface area contributed by atoms with E-state index in [1.54, 1.807) is 47.0 Å². The zero-order valence-corrected chi connectivity index (χ0v) is 21.5. The van der Waals surface area contributed by atoms with E-state index in [9.17, 15) is 13.2 Å². The van der Waals surface area contributed by atoms with Crippen molar-refractivity contribution in [1.29, 1.82) is 0 Å². The van der Waals surface area contributed by atoms with Crippen LogP contribution in [-0.4, -0.2) is 74.9 Å². The number of anilines is 1. The van der Waals surface area contributed by atoms with Crippen molar-refractivity contribution in [3.05, 3.63) is 48.0 Å². The van der Waals surface area contributed by atoms with Gasteiger partial charge in [-0.15, -0.1) is 0 Å². The molecule has 8 nitrogen and oxygen atoms in total. The molecule has 0 saturated carbocycles. The van der Waals surface area contributed by atoms with E-state index in [-0.39, 0.29) is 10.8 Å². The number of nitrogens with zero attached hydrogens (tertiary/aromatic N) is 4. The Kier molecular flexibility index (Phi) is 6.95. The molecule has 2 fully saturated rings. The summed E-state index contributed by atoms with van der Waals surface area (Å²) < 4.78 is 34.1. The Hall–Kier alpha value is -2.69. The molecule has 10 heteroatoms. The SMILES string of the molecule is COc1cccc2sc(N3CCN(C(=O)c4ccc(S(=O)(=O)N5CCCCCC5)cc4)CC3)nc12. The van der Waals surface area contributed by atoms with E-state index in [0.29, 0.717) is 44.8 Å². The summed E-state index contributed by atoms with van der Waals surface area (Å²) in [4.78, 5) is 22.1. The molecule has 1 amide bonds. The van der Waals surface area contributed by atoms with Gasteiger partial charge >= 0.3 is 0 Å².